The van der Waals surface area contributed by atoms with Crippen LogP contribution in [-0.4, -0.2) is 35.2 Å². The van der Waals surface area contributed by atoms with Gasteiger partial charge in [0.2, 0.25) is 0 Å². The van der Waals surface area contributed by atoms with E-state index in [4.69, 9.17) is 9.72 Å². The average Bonchev–Trinajstić information content (AvgIpc) is 3.33. The lowest BCUT2D eigenvalue weighted by Gasteiger charge is -2.28. The molecule has 3 heterocycles. The van der Waals surface area contributed by atoms with Crippen LogP contribution in [0.3, 0.4) is 0 Å². The highest BCUT2D eigenvalue weighted by Gasteiger charge is 2.21. The number of fused-ring (bicyclic) bond motifs is 1. The van der Waals surface area contributed by atoms with Crippen LogP contribution in [0.2, 0.25) is 0 Å². The zero-order chi connectivity index (χ0) is 23.3. The van der Waals surface area contributed by atoms with E-state index < -0.39 is 0 Å². The summed E-state index contributed by atoms with van der Waals surface area (Å²) in [5, 5.41) is 4.70. The van der Waals surface area contributed by atoms with E-state index in [9.17, 15) is 4.79 Å². The lowest BCUT2D eigenvalue weighted by atomic mass is 10.1. The quantitative estimate of drug-likeness (QED) is 0.244. The number of carbonyl (C=O) groups excluding carboxylic acids is 1. The van der Waals surface area contributed by atoms with Crippen LogP contribution in [0.4, 0.5) is 11.5 Å². The molecule has 0 atom stereocenters. The highest BCUT2D eigenvalue weighted by atomic mass is 32.2. The molecule has 0 saturated carbocycles. The number of amides is 1. The molecular formula is C26H26N4O2S2. The number of nitrogens with one attached hydrogen (secondary N) is 1. The highest BCUT2D eigenvalue weighted by molar-refractivity contribution is 7.98. The smallest absolute Gasteiger partial charge is 0.265 e. The summed E-state index contributed by atoms with van der Waals surface area (Å²) < 4.78 is 5.84. The van der Waals surface area contributed by atoms with Crippen molar-refractivity contribution in [3.63, 3.8) is 0 Å². The molecule has 174 valence electrons. The van der Waals surface area contributed by atoms with Gasteiger partial charge in [0.05, 0.1) is 10.3 Å². The molecule has 1 saturated heterocycles. The van der Waals surface area contributed by atoms with Gasteiger partial charge >= 0.3 is 0 Å². The third kappa shape index (κ3) is 5.18. The van der Waals surface area contributed by atoms with Crippen LogP contribution < -0.4 is 15.0 Å². The molecule has 0 aliphatic carbocycles. The largest absolute Gasteiger partial charge is 0.489 e. The van der Waals surface area contributed by atoms with Gasteiger partial charge in [-0.05, 0) is 61.4 Å². The fourth-order valence-corrected chi connectivity index (χ4v) is 5.34. The second-order valence-electron chi connectivity index (χ2n) is 8.16. The minimum absolute atomic E-state index is 0.142. The predicted molar refractivity (Wildman–Crippen MR) is 140 cm³/mol. The summed E-state index contributed by atoms with van der Waals surface area (Å²) in [6.07, 6.45) is 5.58. The van der Waals surface area contributed by atoms with E-state index in [1.807, 2.05) is 66.9 Å². The van der Waals surface area contributed by atoms with Crippen LogP contribution in [0.1, 0.15) is 34.5 Å². The Labute approximate surface area is 207 Å². The molecule has 6 nitrogen and oxygen atoms in total. The van der Waals surface area contributed by atoms with Crippen molar-refractivity contribution >= 4 is 50.7 Å². The fourth-order valence-electron chi connectivity index (χ4n) is 4.01. The van der Waals surface area contributed by atoms with Crippen molar-refractivity contribution < 1.29 is 9.53 Å². The number of thioether (sulfide) groups is 1. The number of rotatable bonds is 7. The maximum atomic E-state index is 13.0. The van der Waals surface area contributed by atoms with Crippen molar-refractivity contribution in [2.75, 3.05) is 29.6 Å². The third-order valence-corrected chi connectivity index (χ3v) is 7.35. The van der Waals surface area contributed by atoms with Crippen molar-refractivity contribution in [2.24, 2.45) is 0 Å². The van der Waals surface area contributed by atoms with Gasteiger partial charge in [0, 0.05) is 18.8 Å². The molecule has 0 bridgehead atoms. The number of benzene rings is 2. The first-order valence-corrected chi connectivity index (χ1v) is 13.4. The van der Waals surface area contributed by atoms with Crippen LogP contribution in [0.15, 0.2) is 65.8 Å². The molecule has 1 aliphatic rings. The number of aromatic nitrogens is 2. The van der Waals surface area contributed by atoms with Crippen LogP contribution >= 0.6 is 23.1 Å². The molecule has 4 aromatic rings. The zero-order valence-electron chi connectivity index (χ0n) is 19.0. The first-order chi connectivity index (χ1) is 16.7. The zero-order valence-corrected chi connectivity index (χ0v) is 20.6. The molecule has 2 aromatic heterocycles. The van der Waals surface area contributed by atoms with Crippen LogP contribution in [0, 0.1) is 0 Å². The molecule has 1 N–H and O–H groups in total. The van der Waals surface area contributed by atoms with Crippen LogP contribution in [0.5, 0.6) is 5.75 Å². The molecule has 2 aromatic carbocycles. The van der Waals surface area contributed by atoms with E-state index in [0.717, 1.165) is 51.3 Å². The van der Waals surface area contributed by atoms with Crippen molar-refractivity contribution in [1.29, 1.82) is 0 Å². The van der Waals surface area contributed by atoms with Gasteiger partial charge < -0.3 is 15.0 Å². The monoisotopic (exact) mass is 490 g/mol. The lowest BCUT2D eigenvalue weighted by Crippen LogP contribution is -2.30. The Morgan fingerprint density at radius 3 is 2.56 bits per heavy atom. The van der Waals surface area contributed by atoms with Gasteiger partial charge in [-0.25, -0.2) is 9.97 Å². The van der Waals surface area contributed by atoms with Gasteiger partial charge in [-0.1, -0.05) is 42.1 Å². The summed E-state index contributed by atoms with van der Waals surface area (Å²) in [4.78, 5) is 26.3. The Hall–Kier alpha value is -3.10. The molecule has 1 amide bonds. The maximum absolute atomic E-state index is 13.0. The second kappa shape index (κ2) is 10.4. The standard InChI is InChI=1S/C26H26N4O2S2/c1-33-26-28-23(30-14-6-3-7-15-30)21-16-22(34-25(21)29-26)24(31)27-19-10-12-20(13-11-19)32-17-18-8-4-2-5-9-18/h2,4-5,8-13,16H,3,6-7,14-15,17H2,1H3,(H,27,31). The van der Waals surface area contributed by atoms with Gasteiger partial charge in [-0.15, -0.1) is 11.3 Å². The first kappa shape index (κ1) is 22.7. The number of hydrogen-bond acceptors (Lipinski definition) is 7. The molecule has 5 rings (SSSR count). The Morgan fingerprint density at radius 1 is 1.06 bits per heavy atom. The van der Waals surface area contributed by atoms with E-state index in [-0.39, 0.29) is 5.91 Å². The van der Waals surface area contributed by atoms with E-state index in [0.29, 0.717) is 11.5 Å². The fraction of sp³-hybridized carbons (Fsp3) is 0.269. The Balaban J connectivity index is 1.30. The maximum Gasteiger partial charge on any atom is 0.265 e. The van der Waals surface area contributed by atoms with E-state index in [1.54, 1.807) is 0 Å². The second-order valence-corrected chi connectivity index (χ2v) is 9.97. The van der Waals surface area contributed by atoms with Gasteiger partial charge in [0.25, 0.3) is 5.91 Å². The van der Waals surface area contributed by atoms with Crippen LogP contribution in [0.25, 0.3) is 10.2 Å². The SMILES string of the molecule is CSc1nc(N2CCCCC2)c2cc(C(=O)Nc3ccc(OCc4ccccc4)cc3)sc2n1. The number of thiophene rings is 1. The molecule has 8 heteroatoms. The molecule has 1 aliphatic heterocycles. The molecule has 0 spiro atoms. The third-order valence-electron chi connectivity index (χ3n) is 5.77. The topological polar surface area (TPSA) is 67.4 Å². The number of nitrogens with zero attached hydrogens (tertiary/aromatic N) is 3. The normalized spacial score (nSPS) is 13.7. The Morgan fingerprint density at radius 2 is 1.82 bits per heavy atom. The summed E-state index contributed by atoms with van der Waals surface area (Å²) in [5.41, 5.74) is 1.84. The molecule has 34 heavy (non-hydrogen) atoms. The predicted octanol–water partition coefficient (Wildman–Crippen LogP) is 6.23. The van der Waals surface area contributed by atoms with Crippen molar-refractivity contribution in [1.82, 2.24) is 9.97 Å². The average molecular weight is 491 g/mol. The van der Waals surface area contributed by atoms with Gasteiger partial charge in [0.1, 0.15) is 23.0 Å². The lowest BCUT2D eigenvalue weighted by molar-refractivity contribution is 0.103. The van der Waals surface area contributed by atoms with Crippen molar-refractivity contribution in [3.8, 4) is 5.75 Å². The van der Waals surface area contributed by atoms with Crippen molar-refractivity contribution in [3.05, 3.63) is 71.1 Å². The minimum atomic E-state index is -0.142. The Kier molecular flexibility index (Phi) is 6.97. The summed E-state index contributed by atoms with van der Waals surface area (Å²) in [6.45, 7) is 2.50. The van der Waals surface area contributed by atoms with Crippen molar-refractivity contribution in [2.45, 2.75) is 31.0 Å². The minimum Gasteiger partial charge on any atom is -0.489 e. The highest BCUT2D eigenvalue weighted by Crippen LogP contribution is 2.34. The van der Waals surface area contributed by atoms with Gasteiger partial charge in [-0.3, -0.25) is 4.79 Å². The Bertz CT molecular complexity index is 1270. The van der Waals surface area contributed by atoms with E-state index in [1.165, 1.54) is 42.4 Å². The van der Waals surface area contributed by atoms with Gasteiger partial charge in [0.15, 0.2) is 5.16 Å². The van der Waals surface area contributed by atoms with E-state index >= 15 is 0 Å². The number of hydrogen-bond donors (Lipinski definition) is 1. The number of carbonyl (C=O) groups is 1. The number of ether oxygens (including phenoxy) is 1. The summed E-state index contributed by atoms with van der Waals surface area (Å²) in [6, 6.07) is 19.4. The molecule has 0 radical (unpaired) electrons. The molecule has 1 fully saturated rings. The summed E-state index contributed by atoms with van der Waals surface area (Å²) >= 11 is 2.94. The molecular weight excluding hydrogens is 464 g/mol. The summed E-state index contributed by atoms with van der Waals surface area (Å²) in [5.74, 6) is 1.57. The summed E-state index contributed by atoms with van der Waals surface area (Å²) in [7, 11) is 0. The van der Waals surface area contributed by atoms with Gasteiger partial charge in [-0.2, -0.15) is 0 Å². The molecule has 0 unspecified atom stereocenters. The van der Waals surface area contributed by atoms with Crippen LogP contribution in [-0.2, 0) is 6.61 Å². The number of anilines is 2. The first-order valence-electron chi connectivity index (χ1n) is 11.4. The number of piperidine rings is 1. The van der Waals surface area contributed by atoms with E-state index in [2.05, 4.69) is 15.2 Å².